The number of amides is 1. The minimum Gasteiger partial charge on any atom is -0.369 e. The van der Waals surface area contributed by atoms with Crippen molar-refractivity contribution in [2.45, 2.75) is 58.4 Å². The number of hydrogen-bond donors (Lipinski definition) is 1. The predicted octanol–water partition coefficient (Wildman–Crippen LogP) is 3.67. The lowest BCUT2D eigenvalue weighted by Crippen LogP contribution is -2.62. The summed E-state index contributed by atoms with van der Waals surface area (Å²) < 4.78 is 0. The van der Waals surface area contributed by atoms with Gasteiger partial charge in [-0.2, -0.15) is 0 Å². The second-order valence-corrected chi connectivity index (χ2v) is 9.03. The Morgan fingerprint density at radius 2 is 1.62 bits per heavy atom. The summed E-state index contributed by atoms with van der Waals surface area (Å²) in [6.45, 7) is 11.1. The Bertz CT molecular complexity index is 579. The second kappa shape index (κ2) is 7.99. The smallest absolute Gasteiger partial charge is 0.225 e. The zero-order valence-corrected chi connectivity index (χ0v) is 16.8. The lowest BCUT2D eigenvalue weighted by atomic mass is 9.79. The zero-order valence-electron chi connectivity index (χ0n) is 16.8. The number of piperazine rings is 1. The van der Waals surface area contributed by atoms with E-state index in [9.17, 15) is 4.79 Å². The van der Waals surface area contributed by atoms with Gasteiger partial charge in [0.25, 0.3) is 0 Å². The highest BCUT2D eigenvalue weighted by atomic mass is 16.2. The van der Waals surface area contributed by atoms with Crippen LogP contribution in [0.1, 0.15) is 52.9 Å². The van der Waals surface area contributed by atoms with Gasteiger partial charge in [-0.3, -0.25) is 9.69 Å². The Hall–Kier alpha value is -1.55. The van der Waals surface area contributed by atoms with Crippen LogP contribution < -0.4 is 10.2 Å². The maximum atomic E-state index is 12.4. The summed E-state index contributed by atoms with van der Waals surface area (Å²) in [6.07, 6.45) is 6.32. The van der Waals surface area contributed by atoms with E-state index in [4.69, 9.17) is 0 Å². The number of hydrogen-bond acceptors (Lipinski definition) is 3. The Labute approximate surface area is 158 Å². The Kier molecular flexibility index (Phi) is 5.91. The predicted molar refractivity (Wildman–Crippen MR) is 109 cm³/mol. The normalized spacial score (nSPS) is 21.4. The molecule has 1 aromatic carbocycles. The zero-order chi connectivity index (χ0) is 18.6. The molecule has 1 aliphatic heterocycles. The lowest BCUT2D eigenvalue weighted by molar-refractivity contribution is -0.129. The largest absolute Gasteiger partial charge is 0.369 e. The number of anilines is 1. The standard InChI is InChI=1S/C22H35N3O/c1-21(2,3)20(26)23-18-22(12-8-5-9-13-22)25-16-14-24(15-17-25)19-10-6-4-7-11-19/h4,6-7,10-11H,5,8-9,12-18H2,1-3H3,(H,23,26). The summed E-state index contributed by atoms with van der Waals surface area (Å²) >= 11 is 0. The van der Waals surface area contributed by atoms with E-state index in [2.05, 4.69) is 45.4 Å². The van der Waals surface area contributed by atoms with Crippen LogP contribution in [0.3, 0.4) is 0 Å². The monoisotopic (exact) mass is 357 g/mol. The highest BCUT2D eigenvalue weighted by Gasteiger charge is 2.40. The minimum atomic E-state index is -0.318. The molecule has 0 unspecified atom stereocenters. The molecule has 1 heterocycles. The van der Waals surface area contributed by atoms with Crippen molar-refractivity contribution in [2.75, 3.05) is 37.6 Å². The third kappa shape index (κ3) is 4.40. The molecule has 0 atom stereocenters. The van der Waals surface area contributed by atoms with Crippen molar-refractivity contribution < 1.29 is 4.79 Å². The van der Waals surface area contributed by atoms with Crippen LogP contribution in [-0.4, -0.2) is 49.1 Å². The van der Waals surface area contributed by atoms with Gasteiger partial charge in [0.15, 0.2) is 0 Å². The number of nitrogens with one attached hydrogen (secondary N) is 1. The maximum Gasteiger partial charge on any atom is 0.225 e. The van der Waals surface area contributed by atoms with Gasteiger partial charge in [-0.1, -0.05) is 58.2 Å². The van der Waals surface area contributed by atoms with Gasteiger partial charge >= 0.3 is 0 Å². The SMILES string of the molecule is CC(C)(C)C(=O)NCC1(N2CCN(c3ccccc3)CC2)CCCCC1. The van der Waals surface area contributed by atoms with Gasteiger partial charge in [-0.25, -0.2) is 0 Å². The van der Waals surface area contributed by atoms with Crippen LogP contribution in [0.15, 0.2) is 30.3 Å². The average Bonchev–Trinajstić information content (AvgIpc) is 2.67. The molecule has 1 aromatic rings. The van der Waals surface area contributed by atoms with Crippen molar-refractivity contribution in [1.82, 2.24) is 10.2 Å². The number of carbonyl (C=O) groups is 1. The van der Waals surface area contributed by atoms with Gasteiger partial charge in [0.2, 0.25) is 5.91 Å². The second-order valence-electron chi connectivity index (χ2n) is 9.03. The molecule has 1 aliphatic carbocycles. The van der Waals surface area contributed by atoms with Gasteiger partial charge in [0.05, 0.1) is 0 Å². The molecule has 26 heavy (non-hydrogen) atoms. The van der Waals surface area contributed by atoms with Crippen LogP contribution >= 0.6 is 0 Å². The maximum absolute atomic E-state index is 12.4. The molecule has 0 radical (unpaired) electrons. The summed E-state index contributed by atoms with van der Waals surface area (Å²) in [5, 5.41) is 3.28. The summed E-state index contributed by atoms with van der Waals surface area (Å²) in [6, 6.07) is 10.7. The quantitative estimate of drug-likeness (QED) is 0.893. The van der Waals surface area contributed by atoms with Gasteiger partial charge < -0.3 is 10.2 Å². The molecular formula is C22H35N3O. The average molecular weight is 358 g/mol. The van der Waals surface area contributed by atoms with E-state index < -0.39 is 0 Å². The molecule has 3 rings (SSSR count). The topological polar surface area (TPSA) is 35.6 Å². The number of nitrogens with zero attached hydrogens (tertiary/aromatic N) is 2. The number of carbonyl (C=O) groups excluding carboxylic acids is 1. The molecule has 0 aromatic heterocycles. The molecule has 144 valence electrons. The summed E-state index contributed by atoms with van der Waals surface area (Å²) in [5.41, 5.74) is 1.16. The third-order valence-electron chi connectivity index (χ3n) is 6.12. The third-order valence-corrected chi connectivity index (χ3v) is 6.12. The van der Waals surface area contributed by atoms with E-state index in [0.29, 0.717) is 0 Å². The van der Waals surface area contributed by atoms with Gasteiger partial charge in [0, 0.05) is 49.4 Å². The fourth-order valence-corrected chi connectivity index (χ4v) is 4.40. The number of para-hydroxylation sites is 1. The molecule has 0 bridgehead atoms. The highest BCUT2D eigenvalue weighted by Crippen LogP contribution is 2.34. The molecule has 2 fully saturated rings. The van der Waals surface area contributed by atoms with Crippen LogP contribution in [0.2, 0.25) is 0 Å². The van der Waals surface area contributed by atoms with E-state index in [-0.39, 0.29) is 16.9 Å². The first-order chi connectivity index (χ1) is 12.4. The first-order valence-electron chi connectivity index (χ1n) is 10.2. The first kappa shape index (κ1) is 19.2. The van der Waals surface area contributed by atoms with E-state index in [0.717, 1.165) is 32.7 Å². The van der Waals surface area contributed by atoms with Crippen LogP contribution in [0.25, 0.3) is 0 Å². The van der Waals surface area contributed by atoms with Crippen molar-refractivity contribution in [1.29, 1.82) is 0 Å². The molecule has 0 spiro atoms. The van der Waals surface area contributed by atoms with Gasteiger partial charge in [-0.05, 0) is 25.0 Å². The van der Waals surface area contributed by atoms with Crippen LogP contribution in [-0.2, 0) is 4.79 Å². The van der Waals surface area contributed by atoms with Crippen molar-refractivity contribution >= 4 is 11.6 Å². The van der Waals surface area contributed by atoms with Gasteiger partial charge in [-0.15, -0.1) is 0 Å². The van der Waals surface area contributed by atoms with Crippen molar-refractivity contribution in [2.24, 2.45) is 5.41 Å². The Morgan fingerprint density at radius 3 is 2.19 bits per heavy atom. The Balaban J connectivity index is 1.64. The summed E-state index contributed by atoms with van der Waals surface area (Å²) in [7, 11) is 0. The fourth-order valence-electron chi connectivity index (χ4n) is 4.40. The Morgan fingerprint density at radius 1 is 1.00 bits per heavy atom. The van der Waals surface area contributed by atoms with E-state index in [1.165, 1.54) is 37.8 Å². The van der Waals surface area contributed by atoms with Crippen LogP contribution in [0.4, 0.5) is 5.69 Å². The van der Waals surface area contributed by atoms with Crippen molar-refractivity contribution in [3.63, 3.8) is 0 Å². The summed E-state index contributed by atoms with van der Waals surface area (Å²) in [5.74, 6) is 0.172. The van der Waals surface area contributed by atoms with E-state index >= 15 is 0 Å². The molecule has 2 aliphatic rings. The molecule has 4 heteroatoms. The summed E-state index contributed by atoms with van der Waals surface area (Å²) in [4.78, 5) is 17.6. The van der Waals surface area contributed by atoms with Gasteiger partial charge in [0.1, 0.15) is 0 Å². The van der Waals surface area contributed by atoms with Crippen molar-refractivity contribution in [3.8, 4) is 0 Å². The molecule has 1 saturated carbocycles. The highest BCUT2D eigenvalue weighted by molar-refractivity contribution is 5.81. The lowest BCUT2D eigenvalue weighted by Gasteiger charge is -2.50. The van der Waals surface area contributed by atoms with E-state index in [1.54, 1.807) is 0 Å². The molecule has 1 amide bonds. The molecule has 1 N–H and O–H groups in total. The minimum absolute atomic E-state index is 0.155. The fraction of sp³-hybridized carbons (Fsp3) is 0.682. The molecule has 4 nitrogen and oxygen atoms in total. The first-order valence-corrected chi connectivity index (χ1v) is 10.2. The van der Waals surface area contributed by atoms with E-state index in [1.807, 2.05) is 20.8 Å². The van der Waals surface area contributed by atoms with Crippen molar-refractivity contribution in [3.05, 3.63) is 30.3 Å². The van der Waals surface area contributed by atoms with Crippen LogP contribution in [0, 0.1) is 5.41 Å². The number of benzene rings is 1. The molecular weight excluding hydrogens is 322 g/mol. The molecule has 1 saturated heterocycles. The number of rotatable bonds is 4. The van der Waals surface area contributed by atoms with Crippen LogP contribution in [0.5, 0.6) is 0 Å².